The number of hydrogen-bond donors (Lipinski definition) is 2. The Morgan fingerprint density at radius 1 is 1.28 bits per heavy atom. The number of benzene rings is 1. The maximum atomic E-state index is 6.14. The molecule has 4 heteroatoms. The van der Waals surface area contributed by atoms with E-state index in [1.165, 1.54) is 10.4 Å². The van der Waals surface area contributed by atoms with Gasteiger partial charge in [0.05, 0.1) is 5.51 Å². The standard InChI is InChI=1S/C14H19N3S/c15-14(12-5-2-1-3-6-12)7-4-8-16-9-13-10-17-11-18-13/h1-3,5-6,10-11,14,16H,4,7-9,15H2. The van der Waals surface area contributed by atoms with Gasteiger partial charge in [-0.2, -0.15) is 0 Å². The number of nitrogens with one attached hydrogen (secondary N) is 1. The van der Waals surface area contributed by atoms with Gasteiger partial charge in [-0.05, 0) is 24.9 Å². The third kappa shape index (κ3) is 4.22. The van der Waals surface area contributed by atoms with Crippen molar-refractivity contribution in [3.63, 3.8) is 0 Å². The second-order valence-corrected chi connectivity index (χ2v) is 5.27. The largest absolute Gasteiger partial charge is 0.324 e. The fourth-order valence-electron chi connectivity index (χ4n) is 1.85. The van der Waals surface area contributed by atoms with Gasteiger partial charge < -0.3 is 11.1 Å². The number of hydrogen-bond acceptors (Lipinski definition) is 4. The highest BCUT2D eigenvalue weighted by atomic mass is 32.1. The van der Waals surface area contributed by atoms with E-state index >= 15 is 0 Å². The van der Waals surface area contributed by atoms with Gasteiger partial charge in [0, 0.05) is 23.7 Å². The van der Waals surface area contributed by atoms with Crippen LogP contribution in [0.4, 0.5) is 0 Å². The lowest BCUT2D eigenvalue weighted by Crippen LogP contribution is -2.17. The van der Waals surface area contributed by atoms with Gasteiger partial charge in [-0.25, -0.2) is 0 Å². The molecule has 3 N–H and O–H groups in total. The average Bonchev–Trinajstić information content (AvgIpc) is 2.92. The van der Waals surface area contributed by atoms with Crippen LogP contribution in [0.5, 0.6) is 0 Å². The van der Waals surface area contributed by atoms with Crippen molar-refractivity contribution < 1.29 is 0 Å². The SMILES string of the molecule is NC(CCCNCc1cncs1)c1ccccc1. The molecular weight excluding hydrogens is 242 g/mol. The minimum atomic E-state index is 0.149. The van der Waals surface area contributed by atoms with Crippen LogP contribution in [0.2, 0.25) is 0 Å². The molecule has 0 radical (unpaired) electrons. The first-order valence-corrected chi connectivity index (χ1v) is 7.13. The molecule has 0 spiro atoms. The predicted molar refractivity (Wildman–Crippen MR) is 76.4 cm³/mol. The zero-order chi connectivity index (χ0) is 12.6. The molecule has 0 saturated carbocycles. The van der Waals surface area contributed by atoms with Crippen LogP contribution in [0, 0.1) is 0 Å². The van der Waals surface area contributed by atoms with Crippen LogP contribution < -0.4 is 11.1 Å². The molecule has 1 aromatic carbocycles. The molecular formula is C14H19N3S. The van der Waals surface area contributed by atoms with Crippen LogP contribution in [0.3, 0.4) is 0 Å². The van der Waals surface area contributed by atoms with Gasteiger partial charge in [0.25, 0.3) is 0 Å². The highest BCUT2D eigenvalue weighted by Crippen LogP contribution is 2.14. The van der Waals surface area contributed by atoms with Crippen LogP contribution in [-0.2, 0) is 6.54 Å². The maximum absolute atomic E-state index is 6.14. The molecule has 18 heavy (non-hydrogen) atoms. The molecule has 0 aliphatic heterocycles. The van der Waals surface area contributed by atoms with Crippen LogP contribution in [0.25, 0.3) is 0 Å². The molecule has 0 saturated heterocycles. The van der Waals surface area contributed by atoms with Gasteiger partial charge in [0.1, 0.15) is 0 Å². The maximum Gasteiger partial charge on any atom is 0.0794 e. The first-order valence-electron chi connectivity index (χ1n) is 6.25. The Balaban J connectivity index is 1.61. The lowest BCUT2D eigenvalue weighted by atomic mass is 10.0. The summed E-state index contributed by atoms with van der Waals surface area (Å²) in [6, 6.07) is 10.4. The van der Waals surface area contributed by atoms with Crippen LogP contribution in [0.15, 0.2) is 42.0 Å². The summed E-state index contributed by atoms with van der Waals surface area (Å²) in [4.78, 5) is 5.33. The molecule has 0 bridgehead atoms. The van der Waals surface area contributed by atoms with Crippen LogP contribution in [0.1, 0.15) is 29.3 Å². The Hall–Kier alpha value is -1.23. The van der Waals surface area contributed by atoms with E-state index in [0.717, 1.165) is 25.9 Å². The fourth-order valence-corrected chi connectivity index (χ4v) is 2.42. The van der Waals surface area contributed by atoms with E-state index < -0.39 is 0 Å². The van der Waals surface area contributed by atoms with E-state index in [2.05, 4.69) is 22.4 Å². The van der Waals surface area contributed by atoms with Gasteiger partial charge in [0.15, 0.2) is 0 Å². The molecule has 0 aliphatic carbocycles. The van der Waals surface area contributed by atoms with E-state index in [-0.39, 0.29) is 6.04 Å². The second kappa shape index (κ2) is 7.26. The van der Waals surface area contributed by atoms with E-state index in [1.54, 1.807) is 11.3 Å². The molecule has 2 aromatic rings. The summed E-state index contributed by atoms with van der Waals surface area (Å²) < 4.78 is 0. The molecule has 2 rings (SSSR count). The summed E-state index contributed by atoms with van der Waals surface area (Å²) in [5.41, 5.74) is 9.22. The van der Waals surface area contributed by atoms with Crippen molar-refractivity contribution in [3.05, 3.63) is 52.5 Å². The van der Waals surface area contributed by atoms with Crippen molar-refractivity contribution in [2.24, 2.45) is 5.73 Å². The zero-order valence-electron chi connectivity index (χ0n) is 10.4. The van der Waals surface area contributed by atoms with Gasteiger partial charge >= 0.3 is 0 Å². The normalized spacial score (nSPS) is 12.5. The molecule has 3 nitrogen and oxygen atoms in total. The number of aromatic nitrogens is 1. The smallest absolute Gasteiger partial charge is 0.0794 e. The lowest BCUT2D eigenvalue weighted by molar-refractivity contribution is 0.568. The topological polar surface area (TPSA) is 50.9 Å². The Morgan fingerprint density at radius 2 is 2.11 bits per heavy atom. The molecule has 1 atom stereocenters. The lowest BCUT2D eigenvalue weighted by Gasteiger charge is -2.11. The van der Waals surface area contributed by atoms with Crippen LogP contribution in [-0.4, -0.2) is 11.5 Å². The molecule has 1 aromatic heterocycles. The van der Waals surface area contributed by atoms with Gasteiger partial charge in [-0.15, -0.1) is 11.3 Å². The summed E-state index contributed by atoms with van der Waals surface area (Å²) in [5, 5.41) is 3.41. The molecule has 96 valence electrons. The quantitative estimate of drug-likeness (QED) is 0.753. The van der Waals surface area contributed by atoms with E-state index in [4.69, 9.17) is 5.73 Å². The minimum absolute atomic E-state index is 0.149. The van der Waals surface area contributed by atoms with Gasteiger partial charge in [-0.1, -0.05) is 30.3 Å². The van der Waals surface area contributed by atoms with Gasteiger partial charge in [0.2, 0.25) is 0 Å². The Labute approximate surface area is 112 Å². The number of thiazole rings is 1. The van der Waals surface area contributed by atoms with Crippen molar-refractivity contribution in [1.82, 2.24) is 10.3 Å². The van der Waals surface area contributed by atoms with Crippen LogP contribution >= 0.6 is 11.3 Å². The summed E-state index contributed by atoms with van der Waals surface area (Å²) in [5.74, 6) is 0. The van der Waals surface area contributed by atoms with E-state index in [1.807, 2.05) is 29.9 Å². The summed E-state index contributed by atoms with van der Waals surface area (Å²) in [6.45, 7) is 1.91. The Kier molecular flexibility index (Phi) is 5.33. The molecule has 0 amide bonds. The molecule has 0 aliphatic rings. The Bertz CT molecular complexity index is 428. The van der Waals surface area contributed by atoms with Gasteiger partial charge in [-0.3, -0.25) is 4.98 Å². The highest BCUT2D eigenvalue weighted by molar-refractivity contribution is 7.09. The number of nitrogens with two attached hydrogens (primary N) is 1. The van der Waals surface area contributed by atoms with E-state index in [0.29, 0.717) is 0 Å². The monoisotopic (exact) mass is 261 g/mol. The molecule has 1 heterocycles. The highest BCUT2D eigenvalue weighted by Gasteiger charge is 2.04. The van der Waals surface area contributed by atoms with Crippen molar-refractivity contribution in [1.29, 1.82) is 0 Å². The number of rotatable bonds is 7. The number of nitrogens with zero attached hydrogens (tertiary/aromatic N) is 1. The van der Waals surface area contributed by atoms with Crippen molar-refractivity contribution in [3.8, 4) is 0 Å². The molecule has 1 unspecified atom stereocenters. The third-order valence-electron chi connectivity index (χ3n) is 2.88. The van der Waals surface area contributed by atoms with Crippen molar-refractivity contribution in [2.75, 3.05) is 6.54 Å². The summed E-state index contributed by atoms with van der Waals surface area (Å²) >= 11 is 1.69. The Morgan fingerprint density at radius 3 is 2.83 bits per heavy atom. The summed E-state index contributed by atoms with van der Waals surface area (Å²) in [6.07, 6.45) is 4.02. The predicted octanol–water partition coefficient (Wildman–Crippen LogP) is 2.71. The molecule has 0 fully saturated rings. The third-order valence-corrected chi connectivity index (χ3v) is 3.66. The van der Waals surface area contributed by atoms with Crippen molar-refractivity contribution in [2.45, 2.75) is 25.4 Å². The fraction of sp³-hybridized carbons (Fsp3) is 0.357. The first-order chi connectivity index (χ1) is 8.86. The second-order valence-electron chi connectivity index (χ2n) is 4.30. The minimum Gasteiger partial charge on any atom is -0.324 e. The summed E-state index contributed by atoms with van der Waals surface area (Å²) in [7, 11) is 0. The van der Waals surface area contributed by atoms with Crippen molar-refractivity contribution >= 4 is 11.3 Å². The average molecular weight is 261 g/mol. The van der Waals surface area contributed by atoms with E-state index in [9.17, 15) is 0 Å². The first kappa shape index (κ1) is 13.2. The zero-order valence-corrected chi connectivity index (χ0v) is 11.2.